The maximum Gasteiger partial charge on any atom is 0.306 e. The van der Waals surface area contributed by atoms with Gasteiger partial charge in [-0.05, 0) is 36.5 Å². The van der Waals surface area contributed by atoms with E-state index in [2.05, 4.69) is 16.2 Å². The van der Waals surface area contributed by atoms with E-state index in [0.29, 0.717) is 25.8 Å². The zero-order valence-corrected chi connectivity index (χ0v) is 21.8. The quantitative estimate of drug-likeness (QED) is 0.305. The molecule has 1 saturated heterocycles. The molecule has 9 heteroatoms. The number of esters is 1. The molecule has 0 spiro atoms. The summed E-state index contributed by atoms with van der Waals surface area (Å²) >= 11 is 0. The number of hydrogen-bond acceptors (Lipinski definition) is 7. The Kier molecular flexibility index (Phi) is 11.9. The van der Waals surface area contributed by atoms with Crippen LogP contribution in [0.1, 0.15) is 80.6 Å². The number of rotatable bonds is 11. The summed E-state index contributed by atoms with van der Waals surface area (Å²) in [6.45, 7) is 14.2. The highest BCUT2D eigenvalue weighted by atomic mass is 16.5. The molecular weight excluding hydrogens is 438 g/mol. The normalized spacial score (nSPS) is 19.1. The van der Waals surface area contributed by atoms with Gasteiger partial charge in [0.1, 0.15) is 0 Å². The number of carbonyl (C=O) groups is 5. The molecule has 3 N–H and O–H groups in total. The van der Waals surface area contributed by atoms with Gasteiger partial charge in [0.25, 0.3) is 0 Å². The third-order valence-electron chi connectivity index (χ3n) is 5.70. The molecule has 0 saturated carbocycles. The number of ether oxygens (including phenoxy) is 1. The van der Waals surface area contributed by atoms with Crippen LogP contribution >= 0.6 is 0 Å². The molecule has 194 valence electrons. The molecule has 1 aliphatic rings. The molecule has 1 aliphatic heterocycles. The van der Waals surface area contributed by atoms with Gasteiger partial charge < -0.3 is 10.1 Å². The van der Waals surface area contributed by atoms with Gasteiger partial charge in [0.05, 0.1) is 25.0 Å². The second-order valence-corrected chi connectivity index (χ2v) is 11.2. The highest BCUT2D eigenvalue weighted by Gasteiger charge is 2.34. The zero-order valence-electron chi connectivity index (χ0n) is 21.8. The van der Waals surface area contributed by atoms with E-state index in [4.69, 9.17) is 4.74 Å². The summed E-state index contributed by atoms with van der Waals surface area (Å²) in [6.07, 6.45) is 1.28. The highest BCUT2D eigenvalue weighted by molar-refractivity contribution is 6.37. The van der Waals surface area contributed by atoms with Crippen molar-refractivity contribution in [1.82, 2.24) is 16.2 Å². The number of amides is 2. The number of hydrazine groups is 1. The maximum atomic E-state index is 13.2. The Morgan fingerprint density at radius 1 is 1.12 bits per heavy atom. The Balaban J connectivity index is 2.89. The lowest BCUT2D eigenvalue weighted by molar-refractivity contribution is -0.150. The van der Waals surface area contributed by atoms with Crippen LogP contribution in [0.5, 0.6) is 0 Å². The van der Waals surface area contributed by atoms with Gasteiger partial charge in [-0.15, -0.1) is 0 Å². The van der Waals surface area contributed by atoms with Gasteiger partial charge in [-0.1, -0.05) is 48.5 Å². The Hall–Kier alpha value is -2.29. The minimum atomic E-state index is -0.793. The first-order valence-corrected chi connectivity index (χ1v) is 12.3. The van der Waals surface area contributed by atoms with Gasteiger partial charge in [-0.2, -0.15) is 0 Å². The van der Waals surface area contributed by atoms with Crippen molar-refractivity contribution in [3.05, 3.63) is 0 Å². The lowest BCUT2D eigenvalue weighted by Crippen LogP contribution is -2.49. The smallest absolute Gasteiger partial charge is 0.306 e. The third kappa shape index (κ3) is 10.8. The van der Waals surface area contributed by atoms with E-state index in [0.717, 1.165) is 0 Å². The minimum absolute atomic E-state index is 0.0730. The van der Waals surface area contributed by atoms with Crippen molar-refractivity contribution in [2.75, 3.05) is 13.2 Å². The van der Waals surface area contributed by atoms with Gasteiger partial charge in [0, 0.05) is 18.9 Å². The summed E-state index contributed by atoms with van der Waals surface area (Å²) in [5.41, 5.74) is 4.83. The van der Waals surface area contributed by atoms with Crippen molar-refractivity contribution in [1.29, 1.82) is 0 Å². The van der Waals surface area contributed by atoms with Crippen LogP contribution in [0.4, 0.5) is 0 Å². The molecule has 0 aromatic heterocycles. The van der Waals surface area contributed by atoms with E-state index >= 15 is 0 Å². The van der Waals surface area contributed by atoms with Crippen LogP contribution in [0, 0.1) is 29.1 Å². The van der Waals surface area contributed by atoms with Gasteiger partial charge in [0.15, 0.2) is 5.78 Å². The topological polar surface area (TPSA) is 131 Å². The number of nitrogens with one attached hydrogen (secondary N) is 3. The Morgan fingerprint density at radius 2 is 1.76 bits per heavy atom. The van der Waals surface area contributed by atoms with Crippen molar-refractivity contribution in [3.63, 3.8) is 0 Å². The molecule has 0 aromatic carbocycles. The fraction of sp³-hybridized carbons (Fsp3) is 0.800. The van der Waals surface area contributed by atoms with Crippen LogP contribution in [0.25, 0.3) is 0 Å². The average Bonchev–Trinajstić information content (AvgIpc) is 2.71. The van der Waals surface area contributed by atoms with Crippen molar-refractivity contribution in [2.24, 2.45) is 29.1 Å². The average molecular weight is 482 g/mol. The summed E-state index contributed by atoms with van der Waals surface area (Å²) in [7, 11) is 0. The van der Waals surface area contributed by atoms with Crippen molar-refractivity contribution in [2.45, 2.75) is 86.6 Å². The molecule has 0 aromatic rings. The summed E-state index contributed by atoms with van der Waals surface area (Å²) in [5, 5.41) is 2.83. The van der Waals surface area contributed by atoms with Crippen LogP contribution in [-0.4, -0.2) is 48.5 Å². The predicted molar refractivity (Wildman–Crippen MR) is 128 cm³/mol. The molecule has 1 fully saturated rings. The molecule has 0 bridgehead atoms. The number of carbonyl (C=O) groups excluding carboxylic acids is 5. The van der Waals surface area contributed by atoms with Crippen LogP contribution < -0.4 is 16.2 Å². The molecule has 34 heavy (non-hydrogen) atoms. The van der Waals surface area contributed by atoms with Gasteiger partial charge in [-0.25, -0.2) is 5.43 Å². The van der Waals surface area contributed by atoms with E-state index in [-0.39, 0.29) is 48.4 Å². The molecule has 1 rings (SSSR count). The first-order chi connectivity index (χ1) is 15.7. The SMILES string of the molecule is CC(C)CC(NC(=O)C(CC(=O)OCC(C)(C)C)C(C)C)C(=O)CC1CCCNNC(=O)C1=O. The Morgan fingerprint density at radius 3 is 2.32 bits per heavy atom. The molecule has 3 atom stereocenters. The van der Waals surface area contributed by atoms with Gasteiger partial charge in [-0.3, -0.25) is 29.4 Å². The molecule has 3 unspecified atom stereocenters. The first-order valence-electron chi connectivity index (χ1n) is 12.3. The molecule has 9 nitrogen and oxygen atoms in total. The molecular formula is C25H43N3O6. The number of ketones is 2. The van der Waals surface area contributed by atoms with Gasteiger partial charge in [0.2, 0.25) is 11.7 Å². The van der Waals surface area contributed by atoms with Crippen molar-refractivity contribution in [3.8, 4) is 0 Å². The Labute approximate surface area is 203 Å². The van der Waals surface area contributed by atoms with Gasteiger partial charge >= 0.3 is 11.9 Å². The van der Waals surface area contributed by atoms with Crippen LogP contribution in [0.15, 0.2) is 0 Å². The summed E-state index contributed by atoms with van der Waals surface area (Å²) in [5.74, 6) is -3.87. The second-order valence-electron chi connectivity index (χ2n) is 11.2. The highest BCUT2D eigenvalue weighted by Crippen LogP contribution is 2.21. The van der Waals surface area contributed by atoms with E-state index in [1.807, 2.05) is 48.5 Å². The second kappa shape index (κ2) is 13.6. The summed E-state index contributed by atoms with van der Waals surface area (Å²) < 4.78 is 5.33. The number of Topliss-reactive ketones (excluding diaryl/α,β-unsaturated/α-hetero) is 2. The first kappa shape index (κ1) is 29.7. The molecule has 0 aliphatic carbocycles. The van der Waals surface area contributed by atoms with Crippen LogP contribution in [0.3, 0.4) is 0 Å². The fourth-order valence-corrected chi connectivity index (χ4v) is 3.73. The monoisotopic (exact) mass is 481 g/mol. The van der Waals surface area contributed by atoms with Crippen molar-refractivity contribution >= 4 is 29.4 Å². The predicted octanol–water partition coefficient (Wildman–Crippen LogP) is 2.33. The van der Waals surface area contributed by atoms with Crippen LogP contribution in [-0.2, 0) is 28.7 Å². The van der Waals surface area contributed by atoms with Crippen molar-refractivity contribution < 1.29 is 28.7 Å². The summed E-state index contributed by atoms with van der Waals surface area (Å²) in [6, 6.07) is -0.793. The standard InChI is InChI=1S/C25H43N3O6/c1-15(2)11-19(20(29)12-17-9-8-10-26-28-24(33)22(17)31)27-23(32)18(16(3)4)13-21(30)34-14-25(5,6)7/h15-19,26H,8-14H2,1-7H3,(H,27,32)(H,28,33). The maximum absolute atomic E-state index is 13.2. The Bertz CT molecular complexity index is 741. The van der Waals surface area contributed by atoms with E-state index in [9.17, 15) is 24.0 Å². The lowest BCUT2D eigenvalue weighted by Gasteiger charge is -2.26. The molecule has 1 heterocycles. The molecule has 0 radical (unpaired) electrons. The van der Waals surface area contributed by atoms with E-state index in [1.54, 1.807) is 0 Å². The third-order valence-corrected chi connectivity index (χ3v) is 5.70. The van der Waals surface area contributed by atoms with E-state index < -0.39 is 35.5 Å². The van der Waals surface area contributed by atoms with Crippen LogP contribution in [0.2, 0.25) is 0 Å². The van der Waals surface area contributed by atoms with E-state index in [1.165, 1.54) is 0 Å². The lowest BCUT2D eigenvalue weighted by atomic mass is 9.86. The zero-order chi connectivity index (χ0) is 26.1. The largest absolute Gasteiger partial charge is 0.465 e. The molecule has 2 amide bonds. The summed E-state index contributed by atoms with van der Waals surface area (Å²) in [4.78, 5) is 62.9. The number of hydrogen-bond donors (Lipinski definition) is 3. The minimum Gasteiger partial charge on any atom is -0.465 e. The fourth-order valence-electron chi connectivity index (χ4n) is 3.73.